The monoisotopic (exact) mass is 716 g/mol. The van der Waals surface area contributed by atoms with Gasteiger partial charge in [-0.1, -0.05) is 147 Å². The summed E-state index contributed by atoms with van der Waals surface area (Å²) in [6, 6.07) is 64.8. The molecule has 56 heavy (non-hydrogen) atoms. The zero-order chi connectivity index (χ0) is 37.4. The maximum atomic E-state index is 6.53. The highest BCUT2D eigenvalue weighted by Crippen LogP contribution is 2.49. The van der Waals surface area contributed by atoms with Gasteiger partial charge in [0.25, 0.3) is 0 Å². The number of benzene rings is 8. The van der Waals surface area contributed by atoms with Crippen molar-refractivity contribution in [2.45, 2.75) is 19.3 Å². The van der Waals surface area contributed by atoms with Crippen LogP contribution in [0.3, 0.4) is 0 Å². The maximum absolute atomic E-state index is 6.53. The number of hydrogen-bond acceptors (Lipinski definition) is 3. The van der Waals surface area contributed by atoms with Crippen LogP contribution in [0.1, 0.15) is 25.0 Å². The van der Waals surface area contributed by atoms with Crippen LogP contribution < -0.4 is 0 Å². The van der Waals surface area contributed by atoms with Gasteiger partial charge in [0.2, 0.25) is 0 Å². The first-order chi connectivity index (χ1) is 27.5. The molecule has 0 bridgehead atoms. The lowest BCUT2D eigenvalue weighted by Gasteiger charge is -2.22. The normalized spacial score (nSPS) is 13.0. The highest BCUT2D eigenvalue weighted by atomic mass is 16.3. The molecular weight excluding hydrogens is 681 g/mol. The first-order valence-corrected chi connectivity index (χ1v) is 19.2. The van der Waals surface area contributed by atoms with E-state index < -0.39 is 0 Å². The number of furan rings is 1. The number of hydrogen-bond donors (Lipinski definition) is 0. The standard InChI is InChI=1S/C53H36N2O/c1-53(2)45-20-12-11-19-42(45)43-24-22-37(30-46(43)53)47-32-48(55-52(54-47)35-16-7-4-8-17-35)40-28-38(33-13-5-3-6-14-33)27-39(29-40)36-21-25-44-50(31-36)56-49-26-23-34-15-9-10-18-41(34)51(44)49/h3-32H,1-2H3. The molecule has 0 saturated carbocycles. The van der Waals surface area contributed by atoms with Crippen LogP contribution in [0.4, 0.5) is 0 Å². The van der Waals surface area contributed by atoms with Gasteiger partial charge in [-0.15, -0.1) is 0 Å². The molecule has 0 spiro atoms. The summed E-state index contributed by atoms with van der Waals surface area (Å²) in [7, 11) is 0. The van der Waals surface area contributed by atoms with Crippen molar-refractivity contribution in [3.63, 3.8) is 0 Å². The quantitative estimate of drug-likeness (QED) is 0.178. The van der Waals surface area contributed by atoms with Gasteiger partial charge >= 0.3 is 0 Å². The zero-order valence-corrected chi connectivity index (χ0v) is 31.1. The van der Waals surface area contributed by atoms with Crippen molar-refractivity contribution in [2.75, 3.05) is 0 Å². The Labute approximate surface area is 325 Å². The first kappa shape index (κ1) is 32.3. The molecule has 3 heteroatoms. The Balaban J connectivity index is 1.10. The van der Waals surface area contributed by atoms with Crippen molar-refractivity contribution < 1.29 is 4.42 Å². The van der Waals surface area contributed by atoms with E-state index in [2.05, 4.69) is 178 Å². The molecule has 3 nitrogen and oxygen atoms in total. The number of nitrogens with zero attached hydrogens (tertiary/aromatic N) is 2. The smallest absolute Gasteiger partial charge is 0.160 e. The summed E-state index contributed by atoms with van der Waals surface area (Å²) in [4.78, 5) is 10.5. The molecule has 0 amide bonds. The third-order valence-corrected chi connectivity index (χ3v) is 11.7. The van der Waals surface area contributed by atoms with Gasteiger partial charge in [-0.05, 0) is 104 Å². The summed E-state index contributed by atoms with van der Waals surface area (Å²) < 4.78 is 6.53. The fourth-order valence-electron chi connectivity index (χ4n) is 8.79. The zero-order valence-electron chi connectivity index (χ0n) is 31.1. The Hall–Kier alpha value is -7.10. The van der Waals surface area contributed by atoms with E-state index in [1.165, 1.54) is 33.0 Å². The second-order valence-corrected chi connectivity index (χ2v) is 15.4. The Morgan fingerprint density at radius 1 is 0.393 bits per heavy atom. The lowest BCUT2D eigenvalue weighted by Crippen LogP contribution is -2.14. The third kappa shape index (κ3) is 5.20. The number of aromatic nitrogens is 2. The molecule has 0 aliphatic heterocycles. The maximum Gasteiger partial charge on any atom is 0.160 e. The van der Waals surface area contributed by atoms with E-state index in [0.29, 0.717) is 5.82 Å². The first-order valence-electron chi connectivity index (χ1n) is 19.2. The van der Waals surface area contributed by atoms with Crippen LogP contribution in [-0.4, -0.2) is 9.97 Å². The van der Waals surface area contributed by atoms with Gasteiger partial charge < -0.3 is 4.42 Å². The van der Waals surface area contributed by atoms with Crippen molar-refractivity contribution >= 4 is 32.7 Å². The molecule has 8 aromatic carbocycles. The molecule has 264 valence electrons. The second-order valence-electron chi connectivity index (χ2n) is 15.4. The van der Waals surface area contributed by atoms with Gasteiger partial charge in [0.1, 0.15) is 11.2 Å². The van der Waals surface area contributed by atoms with Crippen molar-refractivity contribution in [2.24, 2.45) is 0 Å². The van der Waals surface area contributed by atoms with E-state index in [4.69, 9.17) is 14.4 Å². The molecule has 1 aliphatic rings. The molecule has 0 atom stereocenters. The molecule has 10 aromatic rings. The highest BCUT2D eigenvalue weighted by molar-refractivity contribution is 6.19. The molecule has 1 aliphatic carbocycles. The summed E-state index contributed by atoms with van der Waals surface area (Å²) in [5.74, 6) is 0.698. The van der Waals surface area contributed by atoms with E-state index in [9.17, 15) is 0 Å². The summed E-state index contributed by atoms with van der Waals surface area (Å²) in [6.45, 7) is 4.65. The van der Waals surface area contributed by atoms with Crippen molar-refractivity contribution in [3.8, 4) is 67.3 Å². The SMILES string of the molecule is CC1(C)c2ccccc2-c2ccc(-c3cc(-c4cc(-c5ccccc5)cc(-c5ccc6c(c5)oc5ccc7ccccc7c56)c4)nc(-c4ccccc4)n3)cc21. The molecular formula is C53H36N2O. The average Bonchev–Trinajstić information content (AvgIpc) is 3.75. The lowest BCUT2D eigenvalue weighted by molar-refractivity contribution is 0.660. The predicted molar refractivity (Wildman–Crippen MR) is 232 cm³/mol. The molecule has 0 N–H and O–H groups in total. The van der Waals surface area contributed by atoms with E-state index in [1.807, 2.05) is 18.2 Å². The summed E-state index contributed by atoms with van der Waals surface area (Å²) in [5, 5.41) is 4.69. The summed E-state index contributed by atoms with van der Waals surface area (Å²) in [6.07, 6.45) is 0. The largest absolute Gasteiger partial charge is 0.456 e. The summed E-state index contributed by atoms with van der Waals surface area (Å²) >= 11 is 0. The Kier molecular flexibility index (Phi) is 7.20. The van der Waals surface area contributed by atoms with Gasteiger partial charge in [0.05, 0.1) is 11.4 Å². The van der Waals surface area contributed by atoms with Crippen molar-refractivity contribution in [1.82, 2.24) is 9.97 Å². The van der Waals surface area contributed by atoms with E-state index in [-0.39, 0.29) is 5.41 Å². The van der Waals surface area contributed by atoms with E-state index >= 15 is 0 Å². The van der Waals surface area contributed by atoms with Crippen LogP contribution >= 0.6 is 0 Å². The molecule has 0 saturated heterocycles. The fraction of sp³-hybridized carbons (Fsp3) is 0.0566. The molecule has 0 fully saturated rings. The van der Waals surface area contributed by atoms with E-state index in [0.717, 1.165) is 72.3 Å². The minimum Gasteiger partial charge on any atom is -0.456 e. The van der Waals surface area contributed by atoms with Crippen molar-refractivity contribution in [1.29, 1.82) is 0 Å². The third-order valence-electron chi connectivity index (χ3n) is 11.7. The minimum atomic E-state index is -0.118. The van der Waals surface area contributed by atoms with Crippen molar-refractivity contribution in [3.05, 3.63) is 193 Å². The van der Waals surface area contributed by atoms with Crippen LogP contribution in [-0.2, 0) is 5.41 Å². The Morgan fingerprint density at radius 2 is 1.04 bits per heavy atom. The Bertz CT molecular complexity index is 3160. The van der Waals surface area contributed by atoms with Crippen LogP contribution in [0.25, 0.3) is 100.0 Å². The van der Waals surface area contributed by atoms with Crippen LogP contribution in [0, 0.1) is 0 Å². The van der Waals surface area contributed by atoms with Gasteiger partial charge in [-0.25, -0.2) is 9.97 Å². The Morgan fingerprint density at radius 3 is 1.86 bits per heavy atom. The van der Waals surface area contributed by atoms with Crippen LogP contribution in [0.2, 0.25) is 0 Å². The lowest BCUT2D eigenvalue weighted by atomic mass is 9.82. The fourth-order valence-corrected chi connectivity index (χ4v) is 8.79. The molecule has 0 radical (unpaired) electrons. The summed E-state index contributed by atoms with van der Waals surface area (Å²) in [5.41, 5.74) is 16.2. The van der Waals surface area contributed by atoms with Gasteiger partial charge in [0, 0.05) is 32.9 Å². The molecule has 2 aromatic heterocycles. The second kappa shape index (κ2) is 12.5. The topological polar surface area (TPSA) is 38.9 Å². The average molecular weight is 717 g/mol. The van der Waals surface area contributed by atoms with E-state index in [1.54, 1.807) is 0 Å². The molecule has 11 rings (SSSR count). The molecule has 2 heterocycles. The molecule has 0 unspecified atom stereocenters. The van der Waals surface area contributed by atoms with Gasteiger partial charge in [0.15, 0.2) is 5.82 Å². The van der Waals surface area contributed by atoms with Crippen LogP contribution in [0.5, 0.6) is 0 Å². The predicted octanol–water partition coefficient (Wildman–Crippen LogP) is 14.2. The van der Waals surface area contributed by atoms with Gasteiger partial charge in [-0.3, -0.25) is 0 Å². The van der Waals surface area contributed by atoms with Crippen LogP contribution in [0.15, 0.2) is 186 Å². The highest BCUT2D eigenvalue weighted by Gasteiger charge is 2.35. The minimum absolute atomic E-state index is 0.118. The number of fused-ring (bicyclic) bond motifs is 8. The number of rotatable bonds is 5. The van der Waals surface area contributed by atoms with Gasteiger partial charge in [-0.2, -0.15) is 0 Å².